The van der Waals surface area contributed by atoms with E-state index in [9.17, 15) is 26.4 Å². The van der Waals surface area contributed by atoms with Crippen molar-refractivity contribution < 1.29 is 41.0 Å². The molecule has 1 fully saturated rings. The van der Waals surface area contributed by atoms with E-state index >= 15 is 0 Å². The second-order valence-electron chi connectivity index (χ2n) is 8.61. The van der Waals surface area contributed by atoms with Crippen molar-refractivity contribution in [2.75, 3.05) is 45.9 Å². The van der Waals surface area contributed by atoms with E-state index in [4.69, 9.17) is 14.6 Å². The number of alkyl halides is 3. The molecule has 1 heterocycles. The number of amides is 1. The number of rotatable bonds is 10. The number of ether oxygens (including phenoxy) is 1. The minimum Gasteiger partial charge on any atom is -0.475 e. The Morgan fingerprint density at radius 1 is 1.14 bits per heavy atom. The number of carbonyl (C=O) groups is 2. The molecular weight excluding hydrogens is 503 g/mol. The predicted octanol–water partition coefficient (Wildman–Crippen LogP) is 2.56. The maximum Gasteiger partial charge on any atom is 0.490 e. The van der Waals surface area contributed by atoms with Crippen molar-refractivity contribution in [3.63, 3.8) is 0 Å². The molecule has 1 aromatic carbocycles. The Bertz CT molecular complexity index is 964. The lowest BCUT2D eigenvalue weighted by Gasteiger charge is -2.29. The zero-order chi connectivity index (χ0) is 27.5. The SMILES string of the molecule is Cc1ccc(S(=O)(=O)N(CCCOC(C)C)CCC(=O)N2CCNCC2)cc1C.O=C(O)C(F)(F)F. The smallest absolute Gasteiger partial charge is 0.475 e. The first-order valence-electron chi connectivity index (χ1n) is 11.6. The van der Waals surface area contributed by atoms with Gasteiger partial charge in [-0.3, -0.25) is 4.79 Å². The molecule has 9 nitrogen and oxygen atoms in total. The van der Waals surface area contributed by atoms with E-state index in [1.54, 1.807) is 17.0 Å². The van der Waals surface area contributed by atoms with Gasteiger partial charge in [-0.15, -0.1) is 0 Å². The van der Waals surface area contributed by atoms with Crippen LogP contribution < -0.4 is 5.32 Å². The minimum absolute atomic E-state index is 0.00483. The summed E-state index contributed by atoms with van der Waals surface area (Å²) in [6.07, 6.45) is -4.20. The van der Waals surface area contributed by atoms with Crippen LogP contribution in [-0.2, 0) is 24.3 Å². The molecule has 1 aliphatic rings. The molecule has 0 aliphatic carbocycles. The van der Waals surface area contributed by atoms with Crippen LogP contribution in [0.2, 0.25) is 0 Å². The third-order valence-electron chi connectivity index (χ3n) is 5.41. The van der Waals surface area contributed by atoms with Crippen molar-refractivity contribution in [1.29, 1.82) is 0 Å². The molecular formula is C23H36F3N3O6S. The van der Waals surface area contributed by atoms with E-state index in [1.165, 1.54) is 4.31 Å². The predicted molar refractivity (Wildman–Crippen MR) is 128 cm³/mol. The van der Waals surface area contributed by atoms with Gasteiger partial charge in [0.25, 0.3) is 0 Å². The third-order valence-corrected chi connectivity index (χ3v) is 7.30. The van der Waals surface area contributed by atoms with E-state index in [-0.39, 0.29) is 29.9 Å². The number of nitrogens with zero attached hydrogens (tertiary/aromatic N) is 2. The normalized spacial score (nSPS) is 14.5. The van der Waals surface area contributed by atoms with Crippen LogP contribution in [0, 0.1) is 13.8 Å². The fraction of sp³-hybridized carbons (Fsp3) is 0.652. The van der Waals surface area contributed by atoms with Crippen molar-refractivity contribution >= 4 is 21.9 Å². The number of carboxylic acid groups (broad SMARTS) is 1. The Balaban J connectivity index is 0.000000809. The van der Waals surface area contributed by atoms with Gasteiger partial charge in [0.1, 0.15) is 0 Å². The van der Waals surface area contributed by atoms with Crippen LogP contribution in [0.5, 0.6) is 0 Å². The lowest BCUT2D eigenvalue weighted by atomic mass is 10.1. The molecule has 2 N–H and O–H groups in total. The number of carboxylic acids is 1. The molecule has 206 valence electrons. The number of hydrogen-bond acceptors (Lipinski definition) is 6. The monoisotopic (exact) mass is 539 g/mol. The van der Waals surface area contributed by atoms with Crippen molar-refractivity contribution in [2.45, 2.75) is 57.7 Å². The molecule has 13 heteroatoms. The lowest BCUT2D eigenvalue weighted by molar-refractivity contribution is -0.192. The highest BCUT2D eigenvalue weighted by molar-refractivity contribution is 7.89. The first kappa shape index (κ1) is 31.8. The zero-order valence-electron chi connectivity index (χ0n) is 21.1. The summed E-state index contributed by atoms with van der Waals surface area (Å²) in [5.41, 5.74) is 1.99. The Morgan fingerprint density at radius 3 is 2.22 bits per heavy atom. The third kappa shape index (κ3) is 10.8. The number of aryl methyl sites for hydroxylation is 2. The van der Waals surface area contributed by atoms with Crippen molar-refractivity contribution in [2.24, 2.45) is 0 Å². The zero-order valence-corrected chi connectivity index (χ0v) is 21.9. The van der Waals surface area contributed by atoms with Gasteiger partial charge >= 0.3 is 12.1 Å². The highest BCUT2D eigenvalue weighted by Gasteiger charge is 2.38. The molecule has 0 atom stereocenters. The molecule has 1 saturated heterocycles. The number of piperazine rings is 1. The average Bonchev–Trinajstić information content (AvgIpc) is 2.80. The maximum atomic E-state index is 13.3. The number of carbonyl (C=O) groups excluding carboxylic acids is 1. The van der Waals surface area contributed by atoms with Crippen LogP contribution in [0.4, 0.5) is 13.2 Å². The van der Waals surface area contributed by atoms with Crippen molar-refractivity contribution in [1.82, 2.24) is 14.5 Å². The maximum absolute atomic E-state index is 13.3. The molecule has 2 rings (SSSR count). The van der Waals surface area contributed by atoms with Gasteiger partial charge in [-0.1, -0.05) is 6.07 Å². The number of benzene rings is 1. The molecule has 0 aromatic heterocycles. The van der Waals surface area contributed by atoms with Gasteiger partial charge in [0.2, 0.25) is 15.9 Å². The van der Waals surface area contributed by atoms with E-state index in [0.29, 0.717) is 32.7 Å². The number of aliphatic carboxylic acids is 1. The highest BCUT2D eigenvalue weighted by Crippen LogP contribution is 2.20. The molecule has 1 amide bonds. The summed E-state index contributed by atoms with van der Waals surface area (Å²) in [6.45, 7) is 11.7. The molecule has 0 unspecified atom stereocenters. The Morgan fingerprint density at radius 2 is 1.72 bits per heavy atom. The second kappa shape index (κ2) is 14.5. The van der Waals surface area contributed by atoms with Crippen molar-refractivity contribution in [3.8, 4) is 0 Å². The first-order valence-corrected chi connectivity index (χ1v) is 13.1. The fourth-order valence-electron chi connectivity index (χ4n) is 3.23. The number of halogens is 3. The van der Waals surface area contributed by atoms with E-state index in [1.807, 2.05) is 33.8 Å². The van der Waals surface area contributed by atoms with E-state index in [0.717, 1.165) is 24.2 Å². The second-order valence-corrected chi connectivity index (χ2v) is 10.5. The average molecular weight is 540 g/mol. The highest BCUT2D eigenvalue weighted by atomic mass is 32.2. The summed E-state index contributed by atoms with van der Waals surface area (Å²) in [5, 5.41) is 10.3. The minimum atomic E-state index is -5.08. The molecule has 0 saturated carbocycles. The number of sulfonamides is 1. The molecule has 0 radical (unpaired) electrons. The van der Waals surface area contributed by atoms with Gasteiger partial charge in [0, 0.05) is 52.3 Å². The first-order chi connectivity index (χ1) is 16.7. The lowest BCUT2D eigenvalue weighted by Crippen LogP contribution is -2.47. The van der Waals surface area contributed by atoms with Gasteiger partial charge in [-0.05, 0) is 57.4 Å². The topological polar surface area (TPSA) is 116 Å². The van der Waals surface area contributed by atoms with Crippen LogP contribution in [0.3, 0.4) is 0 Å². The summed E-state index contributed by atoms with van der Waals surface area (Å²) < 4.78 is 65.3. The van der Waals surface area contributed by atoms with Crippen LogP contribution in [0.25, 0.3) is 0 Å². The summed E-state index contributed by atoms with van der Waals surface area (Å²) in [5.74, 6) is -2.75. The summed E-state index contributed by atoms with van der Waals surface area (Å²) in [6, 6.07) is 5.18. The molecule has 0 bridgehead atoms. The number of hydrogen-bond donors (Lipinski definition) is 2. The quantitative estimate of drug-likeness (QED) is 0.439. The standard InChI is InChI=1S/C21H35N3O4S.C2HF3O2/c1-17(2)28-15-5-11-24(12-8-21(25)23-13-9-22-10-14-23)29(26,27)20-7-6-18(3)19(4)16-20;3-2(4,5)1(6)7/h6-7,16-17,22H,5,8-15H2,1-4H3;(H,6,7). The summed E-state index contributed by atoms with van der Waals surface area (Å²) >= 11 is 0. The molecule has 1 aromatic rings. The van der Waals surface area contributed by atoms with Crippen LogP contribution in [0.15, 0.2) is 23.1 Å². The Labute approximate surface area is 210 Å². The number of nitrogens with one attached hydrogen (secondary N) is 1. The van der Waals surface area contributed by atoms with Gasteiger partial charge < -0.3 is 20.1 Å². The molecule has 1 aliphatic heterocycles. The van der Waals surface area contributed by atoms with Crippen LogP contribution in [-0.4, -0.2) is 92.8 Å². The van der Waals surface area contributed by atoms with Crippen LogP contribution in [0.1, 0.15) is 37.8 Å². The van der Waals surface area contributed by atoms with Crippen LogP contribution >= 0.6 is 0 Å². The van der Waals surface area contributed by atoms with E-state index in [2.05, 4.69) is 5.32 Å². The Hall–Kier alpha value is -2.22. The van der Waals surface area contributed by atoms with Gasteiger partial charge in [-0.2, -0.15) is 17.5 Å². The Kier molecular flexibility index (Phi) is 12.8. The molecule has 0 spiro atoms. The van der Waals surface area contributed by atoms with Gasteiger partial charge in [0.05, 0.1) is 11.0 Å². The van der Waals surface area contributed by atoms with Gasteiger partial charge in [0.15, 0.2) is 0 Å². The fourth-order valence-corrected chi connectivity index (χ4v) is 4.79. The molecule has 36 heavy (non-hydrogen) atoms. The van der Waals surface area contributed by atoms with Gasteiger partial charge in [-0.25, -0.2) is 13.2 Å². The summed E-state index contributed by atoms with van der Waals surface area (Å²) in [7, 11) is -3.67. The van der Waals surface area contributed by atoms with Crippen molar-refractivity contribution in [3.05, 3.63) is 29.3 Å². The summed E-state index contributed by atoms with van der Waals surface area (Å²) in [4.78, 5) is 23.5. The largest absolute Gasteiger partial charge is 0.490 e. The van der Waals surface area contributed by atoms with E-state index < -0.39 is 22.2 Å².